The molecular formula is C20H28N2O5. The fourth-order valence-corrected chi connectivity index (χ4v) is 4.34. The monoisotopic (exact) mass is 376 g/mol. The maximum atomic E-state index is 13.4. The molecule has 2 aliphatic heterocycles. The number of carbonyl (C=O) groups is 2. The van der Waals surface area contributed by atoms with Crippen LogP contribution in [0.1, 0.15) is 49.9 Å². The third kappa shape index (κ3) is 3.09. The molecule has 2 fully saturated rings. The van der Waals surface area contributed by atoms with E-state index in [0.29, 0.717) is 24.9 Å². The number of ether oxygens (including phenoxy) is 2. The van der Waals surface area contributed by atoms with E-state index in [1.54, 1.807) is 4.90 Å². The molecule has 27 heavy (non-hydrogen) atoms. The topological polar surface area (TPSA) is 79.3 Å². The summed E-state index contributed by atoms with van der Waals surface area (Å²) in [5.41, 5.74) is -0.421. The van der Waals surface area contributed by atoms with E-state index in [1.807, 2.05) is 18.7 Å². The van der Waals surface area contributed by atoms with Gasteiger partial charge in [-0.2, -0.15) is 0 Å². The molecule has 2 heterocycles. The Bertz CT molecular complexity index is 723. The Morgan fingerprint density at radius 1 is 1.11 bits per heavy atom. The van der Waals surface area contributed by atoms with Crippen molar-refractivity contribution < 1.29 is 24.2 Å². The Morgan fingerprint density at radius 3 is 2.19 bits per heavy atom. The molecule has 2 saturated heterocycles. The van der Waals surface area contributed by atoms with Crippen molar-refractivity contribution in [2.45, 2.75) is 51.1 Å². The minimum atomic E-state index is -0.766. The molecule has 7 nitrogen and oxygen atoms in total. The van der Waals surface area contributed by atoms with Crippen molar-refractivity contribution in [3.05, 3.63) is 17.7 Å². The summed E-state index contributed by atoms with van der Waals surface area (Å²) in [6, 6.07) is 3.11. The second-order valence-corrected chi connectivity index (χ2v) is 7.52. The molecule has 0 aromatic heterocycles. The van der Waals surface area contributed by atoms with Crippen molar-refractivity contribution in [1.29, 1.82) is 0 Å². The van der Waals surface area contributed by atoms with Gasteiger partial charge in [-0.1, -0.05) is 0 Å². The summed E-state index contributed by atoms with van der Waals surface area (Å²) < 4.78 is 10.3. The van der Waals surface area contributed by atoms with Crippen LogP contribution in [0.2, 0.25) is 0 Å². The lowest BCUT2D eigenvalue weighted by Crippen LogP contribution is -2.62. The predicted octanol–water partition coefficient (Wildman–Crippen LogP) is 2.42. The van der Waals surface area contributed by atoms with Gasteiger partial charge in [-0.05, 0) is 51.7 Å². The van der Waals surface area contributed by atoms with Crippen LogP contribution in [-0.4, -0.2) is 65.6 Å². The van der Waals surface area contributed by atoms with Crippen molar-refractivity contribution in [3.63, 3.8) is 0 Å². The van der Waals surface area contributed by atoms with Gasteiger partial charge in [-0.15, -0.1) is 0 Å². The Kier molecular flexibility index (Phi) is 5.22. The molecule has 2 aliphatic rings. The summed E-state index contributed by atoms with van der Waals surface area (Å²) in [4.78, 5) is 30.2. The second kappa shape index (κ2) is 7.29. The van der Waals surface area contributed by atoms with Crippen LogP contribution in [0.5, 0.6) is 17.2 Å². The zero-order valence-electron chi connectivity index (χ0n) is 16.4. The van der Waals surface area contributed by atoms with Crippen LogP contribution in [0, 0.1) is 0 Å². The van der Waals surface area contributed by atoms with Crippen molar-refractivity contribution in [3.8, 4) is 17.2 Å². The van der Waals surface area contributed by atoms with Crippen LogP contribution in [0.4, 0.5) is 0 Å². The number of hydrogen-bond acceptors (Lipinski definition) is 5. The van der Waals surface area contributed by atoms with Gasteiger partial charge in [-0.25, -0.2) is 0 Å². The number of rotatable bonds is 4. The molecule has 148 valence electrons. The fraction of sp³-hybridized carbons (Fsp3) is 0.600. The number of hydrogen-bond donors (Lipinski definition) is 1. The Balaban J connectivity index is 1.98. The fourth-order valence-electron chi connectivity index (χ4n) is 4.34. The number of aromatic hydroxyl groups is 1. The molecule has 1 spiro atoms. The smallest absolute Gasteiger partial charge is 0.255 e. The van der Waals surface area contributed by atoms with Crippen LogP contribution < -0.4 is 9.47 Å². The van der Waals surface area contributed by atoms with Crippen LogP contribution in [0.15, 0.2) is 12.1 Å². The molecule has 0 saturated carbocycles. The summed E-state index contributed by atoms with van der Waals surface area (Å²) >= 11 is 0. The van der Waals surface area contributed by atoms with Gasteiger partial charge in [0.25, 0.3) is 5.91 Å². The molecule has 1 unspecified atom stereocenters. The van der Waals surface area contributed by atoms with Gasteiger partial charge in [0.05, 0.1) is 14.2 Å². The summed E-state index contributed by atoms with van der Waals surface area (Å²) in [5, 5.41) is 10.1. The van der Waals surface area contributed by atoms with Crippen molar-refractivity contribution in [1.82, 2.24) is 9.80 Å². The van der Waals surface area contributed by atoms with E-state index in [9.17, 15) is 14.7 Å². The number of benzene rings is 1. The SMILES string of the molecule is COc1cc(C(=O)N2CCCC23CCCN(C(C)C)C3=O)cc(OC)c1O. The number of phenolic OH excluding ortho intramolecular Hbond substituents is 1. The Labute approximate surface area is 159 Å². The molecule has 1 aromatic carbocycles. The first-order valence-corrected chi connectivity index (χ1v) is 9.43. The number of phenols is 1. The lowest BCUT2D eigenvalue weighted by Gasteiger charge is -2.46. The molecule has 2 amide bonds. The molecule has 1 atom stereocenters. The average molecular weight is 376 g/mol. The third-order valence-corrected chi connectivity index (χ3v) is 5.73. The van der Waals surface area contributed by atoms with Gasteiger partial charge < -0.3 is 24.4 Å². The van der Waals surface area contributed by atoms with Gasteiger partial charge >= 0.3 is 0 Å². The first-order chi connectivity index (χ1) is 12.9. The van der Waals surface area contributed by atoms with E-state index in [-0.39, 0.29) is 35.1 Å². The number of methoxy groups -OCH3 is 2. The number of piperidine rings is 1. The largest absolute Gasteiger partial charge is 0.502 e. The second-order valence-electron chi connectivity index (χ2n) is 7.52. The summed E-state index contributed by atoms with van der Waals surface area (Å²) in [6.07, 6.45) is 3.06. The minimum Gasteiger partial charge on any atom is -0.502 e. The van der Waals surface area contributed by atoms with Gasteiger partial charge in [0.15, 0.2) is 11.5 Å². The number of amides is 2. The molecule has 7 heteroatoms. The van der Waals surface area contributed by atoms with Crippen molar-refractivity contribution in [2.75, 3.05) is 27.3 Å². The number of likely N-dealkylation sites (tertiary alicyclic amines) is 2. The zero-order valence-corrected chi connectivity index (χ0v) is 16.4. The molecular weight excluding hydrogens is 348 g/mol. The predicted molar refractivity (Wildman–Crippen MR) is 100 cm³/mol. The molecule has 0 radical (unpaired) electrons. The van der Waals surface area contributed by atoms with E-state index in [0.717, 1.165) is 19.4 Å². The van der Waals surface area contributed by atoms with Crippen LogP contribution in [-0.2, 0) is 4.79 Å². The summed E-state index contributed by atoms with van der Waals surface area (Å²) in [6.45, 7) is 5.30. The molecule has 1 aromatic rings. The normalized spacial score (nSPS) is 22.6. The van der Waals surface area contributed by atoms with Crippen molar-refractivity contribution >= 4 is 11.8 Å². The van der Waals surface area contributed by atoms with Crippen LogP contribution >= 0.6 is 0 Å². The lowest BCUT2D eigenvalue weighted by atomic mass is 9.84. The highest BCUT2D eigenvalue weighted by molar-refractivity contribution is 6.01. The molecule has 0 bridgehead atoms. The van der Waals surface area contributed by atoms with E-state index < -0.39 is 5.54 Å². The van der Waals surface area contributed by atoms with Gasteiger partial charge in [-0.3, -0.25) is 9.59 Å². The molecule has 3 rings (SSSR count). The quantitative estimate of drug-likeness (QED) is 0.873. The minimum absolute atomic E-state index is 0.0484. The van der Waals surface area contributed by atoms with Gasteiger partial charge in [0, 0.05) is 24.7 Å². The van der Waals surface area contributed by atoms with Crippen LogP contribution in [0.25, 0.3) is 0 Å². The first-order valence-electron chi connectivity index (χ1n) is 9.43. The molecule has 1 N–H and O–H groups in total. The number of carbonyl (C=O) groups excluding carboxylic acids is 2. The third-order valence-electron chi connectivity index (χ3n) is 5.73. The first kappa shape index (κ1) is 19.3. The maximum absolute atomic E-state index is 13.4. The van der Waals surface area contributed by atoms with E-state index in [4.69, 9.17) is 9.47 Å². The van der Waals surface area contributed by atoms with Crippen molar-refractivity contribution in [2.24, 2.45) is 0 Å². The Hall–Kier alpha value is -2.44. The summed E-state index contributed by atoms with van der Waals surface area (Å²) in [7, 11) is 2.84. The maximum Gasteiger partial charge on any atom is 0.255 e. The highest BCUT2D eigenvalue weighted by Gasteiger charge is 2.53. The summed E-state index contributed by atoms with van der Waals surface area (Å²) in [5.74, 6) is 0.0113. The van der Waals surface area contributed by atoms with E-state index in [2.05, 4.69) is 0 Å². The highest BCUT2D eigenvalue weighted by atomic mass is 16.5. The zero-order chi connectivity index (χ0) is 19.8. The van der Waals surface area contributed by atoms with Gasteiger partial charge in [0.1, 0.15) is 5.54 Å². The standard InChI is InChI=1S/C20H28N2O5/c1-13(2)21-9-5-7-20(19(21)25)8-6-10-22(20)18(24)14-11-15(26-3)17(23)16(12-14)27-4/h11-13,23H,5-10H2,1-4H3. The van der Waals surface area contributed by atoms with Crippen LogP contribution in [0.3, 0.4) is 0 Å². The Morgan fingerprint density at radius 2 is 1.67 bits per heavy atom. The average Bonchev–Trinajstić information content (AvgIpc) is 3.07. The van der Waals surface area contributed by atoms with E-state index in [1.165, 1.54) is 26.4 Å². The van der Waals surface area contributed by atoms with E-state index >= 15 is 0 Å². The highest BCUT2D eigenvalue weighted by Crippen LogP contribution is 2.42. The lowest BCUT2D eigenvalue weighted by molar-refractivity contribution is -0.147. The van der Waals surface area contributed by atoms with Gasteiger partial charge in [0.2, 0.25) is 11.7 Å². The molecule has 0 aliphatic carbocycles. The number of nitrogens with zero attached hydrogens (tertiary/aromatic N) is 2.